The second-order valence-electron chi connectivity index (χ2n) is 3.38. The average Bonchev–Trinajstić information content (AvgIpc) is 2.31. The third-order valence-electron chi connectivity index (χ3n) is 2.25. The lowest BCUT2D eigenvalue weighted by Gasteiger charge is -2.10. The van der Waals surface area contributed by atoms with Gasteiger partial charge in [0.1, 0.15) is 5.75 Å². The molecule has 0 saturated carbocycles. The topological polar surface area (TPSA) is 64.1 Å². The minimum absolute atomic E-state index is 0.417. The van der Waals surface area contributed by atoms with Gasteiger partial charge in [-0.15, -0.1) is 0 Å². The summed E-state index contributed by atoms with van der Waals surface area (Å²) in [5.74, 6) is 0.601. The van der Waals surface area contributed by atoms with Gasteiger partial charge in [-0.1, -0.05) is 12.1 Å². The van der Waals surface area contributed by atoms with E-state index in [1.54, 1.807) is 18.2 Å². The quantitative estimate of drug-likeness (QED) is 0.856. The predicted molar refractivity (Wildman–Crippen MR) is 63.8 cm³/mol. The van der Waals surface area contributed by atoms with Gasteiger partial charge in [-0.2, -0.15) is 0 Å². The van der Waals surface area contributed by atoms with Crippen molar-refractivity contribution in [3.05, 3.63) is 57.4 Å². The first kappa shape index (κ1) is 11.2. The van der Waals surface area contributed by atoms with Crippen molar-refractivity contribution in [2.45, 2.75) is 6.92 Å². The van der Waals surface area contributed by atoms with Crippen LogP contribution < -0.4 is 16.0 Å². The molecule has 2 rings (SSSR count). The second-order valence-corrected chi connectivity index (χ2v) is 3.38. The molecule has 0 amide bonds. The fourth-order valence-electron chi connectivity index (χ4n) is 1.54. The molecule has 0 unspecified atom stereocenters. The summed E-state index contributed by atoms with van der Waals surface area (Å²) in [6.45, 7) is 2.38. The highest BCUT2D eigenvalue weighted by Gasteiger charge is 2.06. The van der Waals surface area contributed by atoms with E-state index < -0.39 is 11.2 Å². The first-order valence-electron chi connectivity index (χ1n) is 5.26. The van der Waals surface area contributed by atoms with Crippen LogP contribution in [0.4, 0.5) is 0 Å². The maximum atomic E-state index is 11.6. The molecule has 0 aliphatic rings. The number of benzene rings is 1. The van der Waals surface area contributed by atoms with E-state index >= 15 is 0 Å². The van der Waals surface area contributed by atoms with Crippen LogP contribution in [0.5, 0.6) is 5.75 Å². The average molecular weight is 232 g/mol. The van der Waals surface area contributed by atoms with Gasteiger partial charge in [0.15, 0.2) is 0 Å². The zero-order chi connectivity index (χ0) is 12.3. The van der Waals surface area contributed by atoms with E-state index in [2.05, 4.69) is 4.98 Å². The molecule has 0 aliphatic heterocycles. The van der Waals surface area contributed by atoms with Crippen LogP contribution in [0.1, 0.15) is 6.92 Å². The van der Waals surface area contributed by atoms with E-state index in [1.165, 1.54) is 16.8 Å². The van der Waals surface area contributed by atoms with Crippen LogP contribution in [0.2, 0.25) is 0 Å². The van der Waals surface area contributed by atoms with Gasteiger partial charge in [-0.3, -0.25) is 14.3 Å². The van der Waals surface area contributed by atoms with E-state index in [4.69, 9.17) is 4.74 Å². The SMILES string of the molecule is CCOc1ccccc1-n1ccc(=O)[nH]c1=O. The summed E-state index contributed by atoms with van der Waals surface area (Å²) >= 11 is 0. The van der Waals surface area contributed by atoms with Crippen molar-refractivity contribution in [2.75, 3.05) is 6.61 Å². The fraction of sp³-hybridized carbons (Fsp3) is 0.167. The van der Waals surface area contributed by atoms with Gasteiger partial charge in [0.2, 0.25) is 0 Å². The lowest BCUT2D eigenvalue weighted by molar-refractivity contribution is 0.339. The Kier molecular flexibility index (Phi) is 3.09. The van der Waals surface area contributed by atoms with Gasteiger partial charge in [0, 0.05) is 12.3 Å². The molecule has 5 heteroatoms. The molecular formula is C12H12N2O3. The van der Waals surface area contributed by atoms with Crippen molar-refractivity contribution < 1.29 is 4.74 Å². The van der Waals surface area contributed by atoms with Crippen LogP contribution in [-0.4, -0.2) is 16.2 Å². The number of aromatic amines is 1. The maximum Gasteiger partial charge on any atom is 0.333 e. The third kappa shape index (κ3) is 2.28. The van der Waals surface area contributed by atoms with Gasteiger partial charge in [-0.05, 0) is 19.1 Å². The zero-order valence-corrected chi connectivity index (χ0v) is 9.34. The van der Waals surface area contributed by atoms with Gasteiger partial charge in [0.25, 0.3) is 5.56 Å². The fourth-order valence-corrected chi connectivity index (χ4v) is 1.54. The predicted octanol–water partition coefficient (Wildman–Crippen LogP) is 0.924. The molecule has 0 spiro atoms. The smallest absolute Gasteiger partial charge is 0.333 e. The molecule has 17 heavy (non-hydrogen) atoms. The lowest BCUT2D eigenvalue weighted by Crippen LogP contribution is -2.27. The summed E-state index contributed by atoms with van der Waals surface area (Å²) in [5.41, 5.74) is -0.291. The molecule has 1 heterocycles. The van der Waals surface area contributed by atoms with E-state index in [0.29, 0.717) is 18.0 Å². The number of para-hydroxylation sites is 2. The third-order valence-corrected chi connectivity index (χ3v) is 2.25. The molecule has 5 nitrogen and oxygen atoms in total. The maximum absolute atomic E-state index is 11.6. The number of rotatable bonds is 3. The summed E-state index contributed by atoms with van der Waals surface area (Å²) in [4.78, 5) is 24.8. The van der Waals surface area contributed by atoms with Crippen molar-refractivity contribution in [1.82, 2.24) is 9.55 Å². The highest BCUT2D eigenvalue weighted by atomic mass is 16.5. The molecule has 0 aliphatic carbocycles. The number of hydrogen-bond donors (Lipinski definition) is 1. The Bertz CT molecular complexity index is 628. The summed E-state index contributed by atoms with van der Waals surface area (Å²) in [6, 6.07) is 8.45. The summed E-state index contributed by atoms with van der Waals surface area (Å²) in [5, 5.41) is 0. The number of hydrogen-bond acceptors (Lipinski definition) is 3. The molecule has 2 aromatic rings. The number of ether oxygens (including phenoxy) is 1. The summed E-state index contributed by atoms with van der Waals surface area (Å²) in [6.07, 6.45) is 1.43. The standard InChI is InChI=1S/C12H12N2O3/c1-2-17-10-6-4-3-5-9(10)14-8-7-11(15)13-12(14)16/h3-8H,2H2,1H3,(H,13,15,16). The van der Waals surface area contributed by atoms with Gasteiger partial charge < -0.3 is 4.74 Å². The molecule has 0 radical (unpaired) electrons. The van der Waals surface area contributed by atoms with Crippen molar-refractivity contribution >= 4 is 0 Å². The number of nitrogens with zero attached hydrogens (tertiary/aromatic N) is 1. The van der Waals surface area contributed by atoms with Crippen LogP contribution in [0, 0.1) is 0 Å². The molecule has 0 atom stereocenters. The number of H-pyrrole nitrogens is 1. The minimum atomic E-state index is -0.482. The molecule has 1 aromatic heterocycles. The van der Waals surface area contributed by atoms with E-state index in [9.17, 15) is 9.59 Å². The van der Waals surface area contributed by atoms with E-state index in [-0.39, 0.29) is 0 Å². The summed E-state index contributed by atoms with van der Waals surface area (Å²) in [7, 11) is 0. The molecular weight excluding hydrogens is 220 g/mol. The van der Waals surface area contributed by atoms with Crippen LogP contribution in [0.25, 0.3) is 5.69 Å². The molecule has 88 valence electrons. The van der Waals surface area contributed by atoms with Crippen molar-refractivity contribution in [1.29, 1.82) is 0 Å². The number of nitrogens with one attached hydrogen (secondary N) is 1. The lowest BCUT2D eigenvalue weighted by atomic mass is 10.3. The van der Waals surface area contributed by atoms with Crippen LogP contribution >= 0.6 is 0 Å². The molecule has 1 aromatic carbocycles. The first-order chi connectivity index (χ1) is 8.22. The number of aromatic nitrogens is 2. The van der Waals surface area contributed by atoms with Crippen LogP contribution in [-0.2, 0) is 0 Å². The Morgan fingerprint density at radius 2 is 2.00 bits per heavy atom. The van der Waals surface area contributed by atoms with Crippen molar-refractivity contribution in [3.8, 4) is 11.4 Å². The van der Waals surface area contributed by atoms with Gasteiger partial charge >= 0.3 is 5.69 Å². The Balaban J connectivity index is 2.60. The Morgan fingerprint density at radius 3 is 2.71 bits per heavy atom. The van der Waals surface area contributed by atoms with Crippen molar-refractivity contribution in [2.24, 2.45) is 0 Å². The molecule has 1 N–H and O–H groups in total. The summed E-state index contributed by atoms with van der Waals surface area (Å²) < 4.78 is 6.76. The molecule has 0 saturated heterocycles. The highest BCUT2D eigenvalue weighted by Crippen LogP contribution is 2.20. The Morgan fingerprint density at radius 1 is 1.24 bits per heavy atom. The minimum Gasteiger partial charge on any atom is -0.492 e. The van der Waals surface area contributed by atoms with Crippen LogP contribution in [0.15, 0.2) is 46.1 Å². The second kappa shape index (κ2) is 4.69. The van der Waals surface area contributed by atoms with Gasteiger partial charge in [-0.25, -0.2) is 4.79 Å². The molecule has 0 fully saturated rings. The normalized spacial score (nSPS) is 10.2. The zero-order valence-electron chi connectivity index (χ0n) is 9.34. The Labute approximate surface area is 97.3 Å². The van der Waals surface area contributed by atoms with Crippen LogP contribution in [0.3, 0.4) is 0 Å². The monoisotopic (exact) mass is 232 g/mol. The highest BCUT2D eigenvalue weighted by molar-refractivity contribution is 5.46. The van der Waals surface area contributed by atoms with E-state index in [0.717, 1.165) is 0 Å². The van der Waals surface area contributed by atoms with Gasteiger partial charge in [0.05, 0.1) is 12.3 Å². The van der Waals surface area contributed by atoms with Crippen molar-refractivity contribution in [3.63, 3.8) is 0 Å². The first-order valence-corrected chi connectivity index (χ1v) is 5.26. The Hall–Kier alpha value is -2.30. The molecule has 0 bridgehead atoms. The van der Waals surface area contributed by atoms with E-state index in [1.807, 2.05) is 13.0 Å². The largest absolute Gasteiger partial charge is 0.492 e.